The molecule has 0 aliphatic rings. The highest BCUT2D eigenvalue weighted by molar-refractivity contribution is 7.80. The molecule has 0 aliphatic heterocycles. The van der Waals surface area contributed by atoms with Gasteiger partial charge in [-0.1, -0.05) is 0 Å². The molecular weight excluding hydrogens is 406 g/mol. The quantitative estimate of drug-likeness (QED) is 0.0590. The van der Waals surface area contributed by atoms with Crippen molar-refractivity contribution in [3.05, 3.63) is 0 Å². The summed E-state index contributed by atoms with van der Waals surface area (Å²) in [7, 11) is 0. The first-order valence-corrected chi connectivity index (χ1v) is 9.33. The van der Waals surface area contributed by atoms with Crippen LogP contribution in [0.25, 0.3) is 0 Å². The summed E-state index contributed by atoms with van der Waals surface area (Å²) in [5.41, 5.74) is 16.0. The van der Waals surface area contributed by atoms with Crippen LogP contribution in [-0.4, -0.2) is 82.9 Å². The topological polar surface area (TPSA) is 235 Å². The van der Waals surface area contributed by atoms with Crippen molar-refractivity contribution in [1.82, 2.24) is 16.0 Å². The van der Waals surface area contributed by atoms with Crippen molar-refractivity contribution in [2.45, 2.75) is 43.9 Å². The molecule has 11 N–H and O–H groups in total. The molecule has 0 rings (SSSR count). The van der Waals surface area contributed by atoms with Crippen LogP contribution in [0.1, 0.15) is 19.8 Å². The number of carboxylic acids is 1. The third-order valence-electron chi connectivity index (χ3n) is 3.66. The molecule has 0 aromatic rings. The van der Waals surface area contributed by atoms with Gasteiger partial charge in [-0.05, 0) is 19.8 Å². The van der Waals surface area contributed by atoms with Crippen molar-refractivity contribution in [1.29, 1.82) is 0 Å². The number of hydrogen-bond donors (Lipinski definition) is 9. The summed E-state index contributed by atoms with van der Waals surface area (Å²) in [4.78, 5) is 51.2. The van der Waals surface area contributed by atoms with E-state index in [1.54, 1.807) is 0 Å². The molecule has 0 unspecified atom stereocenters. The van der Waals surface area contributed by atoms with Crippen molar-refractivity contribution in [2.75, 3.05) is 18.9 Å². The Balaban J connectivity index is 5.01. The second-order valence-corrected chi connectivity index (χ2v) is 6.48. The molecular formula is C15H29N7O6S. The Bertz CT molecular complexity index is 614. The van der Waals surface area contributed by atoms with Crippen molar-refractivity contribution in [2.24, 2.45) is 22.2 Å². The number of carbonyl (C=O) groups excluding carboxylic acids is 3. The monoisotopic (exact) mass is 435 g/mol. The summed E-state index contributed by atoms with van der Waals surface area (Å²) in [5.74, 6) is -3.60. The molecule has 0 saturated heterocycles. The Kier molecular flexibility index (Phi) is 12.4. The number of carbonyl (C=O) groups is 4. The summed E-state index contributed by atoms with van der Waals surface area (Å²) in [6.07, 6.45) is 0.495. The van der Waals surface area contributed by atoms with Crippen molar-refractivity contribution in [3.63, 3.8) is 0 Å². The van der Waals surface area contributed by atoms with Crippen molar-refractivity contribution in [3.8, 4) is 0 Å². The number of carboxylic acid groups (broad SMARTS) is 1. The first-order chi connectivity index (χ1) is 13.5. The number of aliphatic hydroxyl groups excluding tert-OH is 1. The standard InChI is InChI=1S/C15H29N7O6S/c1-7(11(24)22-10(5-23)14(27)28)20-13(26)9(3-2-4-19-15(17)18)21-12(25)8(16)6-29/h7-10,23,29H,2-6,16H2,1H3,(H,20,26)(H,21,25)(H,22,24)(H,27,28)(H4,17,18,19)/t7-,8-,9-,10-/m0/s1. The average molecular weight is 436 g/mol. The van der Waals surface area contributed by atoms with Gasteiger partial charge in [0.15, 0.2) is 5.96 Å². The zero-order chi connectivity index (χ0) is 22.6. The van der Waals surface area contributed by atoms with Crippen LogP contribution in [0.15, 0.2) is 4.99 Å². The van der Waals surface area contributed by atoms with Crippen molar-refractivity contribution >= 4 is 42.3 Å². The van der Waals surface area contributed by atoms with Gasteiger partial charge in [0.1, 0.15) is 18.1 Å². The lowest BCUT2D eigenvalue weighted by Gasteiger charge is -2.23. The van der Waals surface area contributed by atoms with Crippen LogP contribution >= 0.6 is 12.6 Å². The Morgan fingerprint density at radius 2 is 1.62 bits per heavy atom. The van der Waals surface area contributed by atoms with E-state index < -0.39 is 54.5 Å². The maximum absolute atomic E-state index is 12.5. The maximum Gasteiger partial charge on any atom is 0.328 e. The first kappa shape index (κ1) is 26.4. The summed E-state index contributed by atoms with van der Waals surface area (Å²) >= 11 is 3.92. The minimum absolute atomic E-state index is 0.0602. The number of hydrogen-bond acceptors (Lipinski definition) is 8. The van der Waals surface area contributed by atoms with Gasteiger partial charge in [0.25, 0.3) is 0 Å². The number of aliphatic hydroxyl groups is 1. The van der Waals surface area contributed by atoms with Crippen LogP contribution in [-0.2, 0) is 19.2 Å². The number of aliphatic carboxylic acids is 1. The number of aliphatic imine (C=N–C) groups is 1. The van der Waals surface area contributed by atoms with Gasteiger partial charge < -0.3 is 43.4 Å². The minimum Gasteiger partial charge on any atom is -0.480 e. The number of rotatable bonds is 13. The first-order valence-electron chi connectivity index (χ1n) is 8.70. The highest BCUT2D eigenvalue weighted by Gasteiger charge is 2.27. The molecule has 0 spiro atoms. The molecule has 0 aromatic heterocycles. The lowest BCUT2D eigenvalue weighted by Crippen LogP contribution is -2.56. The zero-order valence-electron chi connectivity index (χ0n) is 16.0. The van der Waals surface area contributed by atoms with Gasteiger partial charge in [0, 0.05) is 12.3 Å². The molecule has 3 amide bonds. The van der Waals surface area contributed by atoms with Gasteiger partial charge in [-0.15, -0.1) is 0 Å². The van der Waals surface area contributed by atoms with E-state index >= 15 is 0 Å². The molecule has 13 nitrogen and oxygen atoms in total. The largest absolute Gasteiger partial charge is 0.480 e. The Labute approximate surface area is 173 Å². The van der Waals surface area contributed by atoms with Crippen LogP contribution in [0.4, 0.5) is 0 Å². The molecule has 0 saturated carbocycles. The van der Waals surface area contributed by atoms with Crippen LogP contribution < -0.4 is 33.2 Å². The Morgan fingerprint density at radius 3 is 2.10 bits per heavy atom. The second-order valence-electron chi connectivity index (χ2n) is 6.11. The van der Waals surface area contributed by atoms with Crippen LogP contribution in [0, 0.1) is 0 Å². The maximum atomic E-state index is 12.5. The number of nitrogens with zero attached hydrogens (tertiary/aromatic N) is 1. The van der Waals surface area contributed by atoms with Crippen LogP contribution in [0.2, 0.25) is 0 Å². The van der Waals surface area contributed by atoms with Gasteiger partial charge >= 0.3 is 5.97 Å². The van der Waals surface area contributed by atoms with Gasteiger partial charge in [0.2, 0.25) is 17.7 Å². The van der Waals surface area contributed by atoms with E-state index in [0.717, 1.165) is 0 Å². The van der Waals surface area contributed by atoms with Gasteiger partial charge in [-0.3, -0.25) is 19.4 Å². The summed E-state index contributed by atoms with van der Waals surface area (Å²) in [6.45, 7) is 0.724. The lowest BCUT2D eigenvalue weighted by molar-refractivity contribution is -0.143. The highest BCUT2D eigenvalue weighted by Crippen LogP contribution is 2.01. The fourth-order valence-corrected chi connectivity index (χ4v) is 2.16. The van der Waals surface area contributed by atoms with Crippen LogP contribution in [0.3, 0.4) is 0 Å². The smallest absolute Gasteiger partial charge is 0.328 e. The molecule has 0 radical (unpaired) electrons. The fraction of sp³-hybridized carbons (Fsp3) is 0.667. The molecule has 14 heteroatoms. The van der Waals surface area contributed by atoms with Gasteiger partial charge in [0.05, 0.1) is 12.6 Å². The summed E-state index contributed by atoms with van der Waals surface area (Å²) in [5, 5.41) is 24.7. The minimum atomic E-state index is -1.51. The molecule has 166 valence electrons. The fourth-order valence-electron chi connectivity index (χ4n) is 2.00. The van der Waals surface area contributed by atoms with E-state index in [1.807, 2.05) is 0 Å². The molecule has 4 atom stereocenters. The van der Waals surface area contributed by atoms with E-state index in [-0.39, 0.29) is 24.7 Å². The van der Waals surface area contributed by atoms with Gasteiger partial charge in [-0.25, -0.2) is 4.79 Å². The van der Waals surface area contributed by atoms with Gasteiger partial charge in [-0.2, -0.15) is 12.6 Å². The van der Waals surface area contributed by atoms with Crippen LogP contribution in [0.5, 0.6) is 0 Å². The lowest BCUT2D eigenvalue weighted by atomic mass is 10.1. The molecule has 0 aromatic carbocycles. The normalized spacial score (nSPS) is 14.6. The van der Waals surface area contributed by atoms with E-state index in [0.29, 0.717) is 6.42 Å². The summed E-state index contributed by atoms with van der Waals surface area (Å²) in [6, 6.07) is -4.61. The molecule has 0 bridgehead atoms. The zero-order valence-corrected chi connectivity index (χ0v) is 16.9. The van der Waals surface area contributed by atoms with E-state index in [2.05, 4.69) is 33.6 Å². The third-order valence-corrected chi connectivity index (χ3v) is 4.05. The Hall–Kier alpha value is -2.58. The average Bonchev–Trinajstić information content (AvgIpc) is 2.66. The van der Waals surface area contributed by atoms with Crippen molar-refractivity contribution < 1.29 is 29.4 Å². The predicted octanol–water partition coefficient (Wildman–Crippen LogP) is -4.15. The molecule has 29 heavy (non-hydrogen) atoms. The third kappa shape index (κ3) is 10.5. The number of guanidine groups is 1. The van der Waals surface area contributed by atoms with E-state index in [9.17, 15) is 19.2 Å². The molecule has 0 fully saturated rings. The number of thiol groups is 1. The number of amides is 3. The highest BCUT2D eigenvalue weighted by atomic mass is 32.1. The van der Waals surface area contributed by atoms with E-state index in [4.69, 9.17) is 27.4 Å². The summed E-state index contributed by atoms with van der Waals surface area (Å²) < 4.78 is 0. The SMILES string of the molecule is C[C@H](NC(=O)[C@H](CCCN=C(N)N)NC(=O)[C@@H](N)CS)C(=O)N[C@@H](CO)C(=O)O. The Morgan fingerprint density at radius 1 is 1.03 bits per heavy atom. The second kappa shape index (κ2) is 13.6. The number of nitrogens with two attached hydrogens (primary N) is 3. The van der Waals surface area contributed by atoms with E-state index in [1.165, 1.54) is 6.92 Å². The molecule has 0 aliphatic carbocycles. The molecule has 0 heterocycles. The predicted molar refractivity (Wildman–Crippen MR) is 108 cm³/mol. The number of nitrogens with one attached hydrogen (secondary N) is 3.